The van der Waals surface area contributed by atoms with Gasteiger partial charge in [-0.2, -0.15) is 0 Å². The van der Waals surface area contributed by atoms with Crippen LogP contribution in [0.3, 0.4) is 0 Å². The lowest BCUT2D eigenvalue weighted by atomic mass is 9.99. The number of nitrogens with zero attached hydrogens (tertiary/aromatic N) is 1. The van der Waals surface area contributed by atoms with Crippen molar-refractivity contribution in [3.05, 3.63) is 83.4 Å². The molecular weight excluding hydrogens is 430 g/mol. The number of hydrogen-bond acceptors (Lipinski definition) is 5. The third-order valence-electron chi connectivity index (χ3n) is 5.99. The lowest BCUT2D eigenvalue weighted by Crippen LogP contribution is -2.36. The maximum absolute atomic E-state index is 12.3. The largest absolute Gasteiger partial charge is 0.497 e. The van der Waals surface area contributed by atoms with Crippen molar-refractivity contribution in [1.29, 1.82) is 0 Å². The van der Waals surface area contributed by atoms with E-state index in [4.69, 9.17) is 9.47 Å². The molecule has 4 rings (SSSR count). The average Bonchev–Trinajstić information content (AvgIpc) is 2.88. The maximum atomic E-state index is 12.3. The highest BCUT2D eigenvalue weighted by molar-refractivity contribution is 6.39. The van der Waals surface area contributed by atoms with Gasteiger partial charge in [0.1, 0.15) is 11.5 Å². The van der Waals surface area contributed by atoms with Crippen molar-refractivity contribution in [1.82, 2.24) is 5.32 Å². The summed E-state index contributed by atoms with van der Waals surface area (Å²) in [4.78, 5) is 26.9. The molecule has 0 bridgehead atoms. The summed E-state index contributed by atoms with van der Waals surface area (Å²) in [5.41, 5.74) is 5.50. The molecule has 2 N–H and O–H groups in total. The van der Waals surface area contributed by atoms with Crippen molar-refractivity contribution >= 4 is 23.2 Å². The number of methoxy groups -OCH3 is 2. The van der Waals surface area contributed by atoms with Gasteiger partial charge in [0.15, 0.2) is 0 Å². The van der Waals surface area contributed by atoms with Gasteiger partial charge < -0.3 is 25.0 Å². The van der Waals surface area contributed by atoms with Crippen LogP contribution in [0, 0.1) is 0 Å². The molecule has 2 amide bonds. The molecule has 7 nitrogen and oxygen atoms in total. The third kappa shape index (κ3) is 5.49. The normalized spacial score (nSPS) is 12.5. The first-order chi connectivity index (χ1) is 16.6. The van der Waals surface area contributed by atoms with Crippen LogP contribution in [0.5, 0.6) is 11.5 Å². The molecule has 34 heavy (non-hydrogen) atoms. The molecule has 1 aliphatic rings. The second-order valence-corrected chi connectivity index (χ2v) is 8.13. The molecule has 0 unspecified atom stereocenters. The van der Waals surface area contributed by atoms with Gasteiger partial charge in [0.2, 0.25) is 0 Å². The number of anilines is 2. The van der Waals surface area contributed by atoms with Crippen molar-refractivity contribution in [2.45, 2.75) is 19.4 Å². The monoisotopic (exact) mass is 459 g/mol. The van der Waals surface area contributed by atoms with Crippen LogP contribution in [0.15, 0.2) is 66.7 Å². The molecule has 3 aromatic carbocycles. The summed E-state index contributed by atoms with van der Waals surface area (Å²) >= 11 is 0. The molecule has 7 heteroatoms. The molecule has 3 aromatic rings. The standard InChI is InChI=1S/C27H29N3O4/c1-33-23-11-12-24(25(17-23)34-2)29-27(32)26(31)28-15-13-19-7-9-22(10-8-19)30-16-14-20-5-3-4-6-21(20)18-30/h3-12,17H,13-16,18H2,1-2H3,(H,28,31)(H,29,32). The summed E-state index contributed by atoms with van der Waals surface area (Å²) in [6.45, 7) is 2.28. The van der Waals surface area contributed by atoms with E-state index < -0.39 is 11.8 Å². The van der Waals surface area contributed by atoms with E-state index in [1.54, 1.807) is 25.3 Å². The minimum Gasteiger partial charge on any atom is -0.497 e. The molecule has 0 fully saturated rings. The zero-order chi connectivity index (χ0) is 23.9. The number of carbonyl (C=O) groups excluding carboxylic acids is 2. The molecule has 176 valence electrons. The Bertz CT molecular complexity index is 1160. The highest BCUT2D eigenvalue weighted by Gasteiger charge is 2.17. The second kappa shape index (κ2) is 10.7. The first-order valence-electron chi connectivity index (χ1n) is 11.3. The van der Waals surface area contributed by atoms with Gasteiger partial charge in [0.25, 0.3) is 0 Å². The van der Waals surface area contributed by atoms with E-state index in [1.807, 2.05) is 0 Å². The molecule has 1 aliphatic heterocycles. The Hall–Kier alpha value is -4.00. The van der Waals surface area contributed by atoms with Gasteiger partial charge in [0.05, 0.1) is 19.9 Å². The number of benzene rings is 3. The van der Waals surface area contributed by atoms with Crippen LogP contribution in [0.1, 0.15) is 16.7 Å². The molecule has 0 atom stereocenters. The molecule has 0 saturated carbocycles. The van der Waals surface area contributed by atoms with Gasteiger partial charge in [-0.1, -0.05) is 36.4 Å². The van der Waals surface area contributed by atoms with Crippen LogP contribution in [-0.4, -0.2) is 39.1 Å². The van der Waals surface area contributed by atoms with Crippen LogP contribution in [0.25, 0.3) is 0 Å². The van der Waals surface area contributed by atoms with Crippen LogP contribution in [0.4, 0.5) is 11.4 Å². The predicted octanol–water partition coefficient (Wildman–Crippen LogP) is 3.56. The van der Waals surface area contributed by atoms with E-state index >= 15 is 0 Å². The molecule has 0 saturated heterocycles. The lowest BCUT2D eigenvalue weighted by molar-refractivity contribution is -0.136. The second-order valence-electron chi connectivity index (χ2n) is 8.13. The van der Waals surface area contributed by atoms with Crippen LogP contribution in [-0.2, 0) is 29.0 Å². The highest BCUT2D eigenvalue weighted by Crippen LogP contribution is 2.29. The number of hydrogen-bond donors (Lipinski definition) is 2. The van der Waals surface area contributed by atoms with Gasteiger partial charge in [-0.25, -0.2) is 0 Å². The first kappa shape index (κ1) is 23.2. The topological polar surface area (TPSA) is 79.9 Å². The predicted molar refractivity (Wildman–Crippen MR) is 133 cm³/mol. The van der Waals surface area contributed by atoms with Crippen molar-refractivity contribution in [3.63, 3.8) is 0 Å². The number of fused-ring (bicyclic) bond motifs is 1. The molecular formula is C27H29N3O4. The SMILES string of the molecule is COc1ccc(NC(=O)C(=O)NCCc2ccc(N3CCc4ccccc4C3)cc2)c(OC)c1. The van der Waals surface area contributed by atoms with Gasteiger partial charge in [0, 0.05) is 31.4 Å². The molecule has 0 spiro atoms. The number of amides is 2. The molecule has 1 heterocycles. The number of nitrogens with one attached hydrogen (secondary N) is 2. The Labute approximate surface area is 199 Å². The van der Waals surface area contributed by atoms with E-state index in [-0.39, 0.29) is 0 Å². The van der Waals surface area contributed by atoms with E-state index in [1.165, 1.54) is 23.9 Å². The fourth-order valence-electron chi connectivity index (χ4n) is 4.07. The van der Waals surface area contributed by atoms with Crippen LogP contribution < -0.4 is 25.0 Å². The van der Waals surface area contributed by atoms with E-state index in [2.05, 4.69) is 64.1 Å². The van der Waals surface area contributed by atoms with Gasteiger partial charge >= 0.3 is 11.8 Å². The summed E-state index contributed by atoms with van der Waals surface area (Å²) in [6.07, 6.45) is 1.68. The smallest absolute Gasteiger partial charge is 0.313 e. The molecule has 0 aliphatic carbocycles. The Morgan fingerprint density at radius 3 is 2.41 bits per heavy atom. The Balaban J connectivity index is 1.26. The van der Waals surface area contributed by atoms with Crippen molar-refractivity contribution in [3.8, 4) is 11.5 Å². The summed E-state index contributed by atoms with van der Waals surface area (Å²) in [7, 11) is 3.03. The zero-order valence-corrected chi connectivity index (χ0v) is 19.5. The van der Waals surface area contributed by atoms with Crippen molar-refractivity contribution in [2.75, 3.05) is 37.5 Å². The zero-order valence-electron chi connectivity index (χ0n) is 19.5. The van der Waals surface area contributed by atoms with Crippen molar-refractivity contribution < 1.29 is 19.1 Å². The number of carbonyl (C=O) groups is 2. The minimum absolute atomic E-state index is 0.364. The minimum atomic E-state index is -0.746. The first-order valence-corrected chi connectivity index (χ1v) is 11.3. The van der Waals surface area contributed by atoms with E-state index in [0.717, 1.165) is 25.1 Å². The summed E-state index contributed by atoms with van der Waals surface area (Å²) in [5, 5.41) is 5.25. The van der Waals surface area contributed by atoms with Gasteiger partial charge in [-0.05, 0) is 53.8 Å². The van der Waals surface area contributed by atoms with E-state index in [0.29, 0.717) is 30.2 Å². The fraction of sp³-hybridized carbons (Fsp3) is 0.259. The molecule has 0 aromatic heterocycles. The number of rotatable bonds is 7. The quantitative estimate of drug-likeness (QED) is 0.528. The molecule has 0 radical (unpaired) electrons. The Morgan fingerprint density at radius 2 is 1.68 bits per heavy atom. The van der Waals surface area contributed by atoms with Crippen LogP contribution >= 0.6 is 0 Å². The summed E-state index contributed by atoms with van der Waals surface area (Å²) in [5.74, 6) is -0.432. The maximum Gasteiger partial charge on any atom is 0.313 e. The van der Waals surface area contributed by atoms with E-state index in [9.17, 15) is 9.59 Å². The van der Waals surface area contributed by atoms with Gasteiger partial charge in [-0.15, -0.1) is 0 Å². The fourth-order valence-corrected chi connectivity index (χ4v) is 4.07. The Kier molecular flexibility index (Phi) is 7.32. The van der Waals surface area contributed by atoms with Gasteiger partial charge in [-0.3, -0.25) is 9.59 Å². The van der Waals surface area contributed by atoms with Crippen LogP contribution in [0.2, 0.25) is 0 Å². The van der Waals surface area contributed by atoms with Crippen molar-refractivity contribution in [2.24, 2.45) is 0 Å². The summed E-state index contributed by atoms with van der Waals surface area (Å²) < 4.78 is 10.4. The third-order valence-corrected chi connectivity index (χ3v) is 5.99. The highest BCUT2D eigenvalue weighted by atomic mass is 16.5. The average molecular weight is 460 g/mol. The Morgan fingerprint density at radius 1 is 0.912 bits per heavy atom. The summed E-state index contributed by atoms with van der Waals surface area (Å²) in [6, 6.07) is 21.9. The number of ether oxygens (including phenoxy) is 2. The lowest BCUT2D eigenvalue weighted by Gasteiger charge is -2.30.